The lowest BCUT2D eigenvalue weighted by atomic mass is 9.85. The van der Waals surface area contributed by atoms with Crippen LogP contribution in [0.1, 0.15) is 24.5 Å². The number of hydrogen-bond acceptors (Lipinski definition) is 4. The summed E-state index contributed by atoms with van der Waals surface area (Å²) in [6.07, 6.45) is -0.874. The molecule has 1 aliphatic rings. The van der Waals surface area contributed by atoms with Gasteiger partial charge in [0.05, 0.1) is 11.7 Å². The third-order valence-corrected chi connectivity index (χ3v) is 5.86. The van der Waals surface area contributed by atoms with Gasteiger partial charge < -0.3 is 5.11 Å². The van der Waals surface area contributed by atoms with E-state index in [1.807, 2.05) is 0 Å². The molecule has 0 saturated carbocycles. The van der Waals surface area contributed by atoms with Crippen molar-refractivity contribution in [2.24, 2.45) is 11.1 Å². The van der Waals surface area contributed by atoms with Crippen molar-refractivity contribution in [3.63, 3.8) is 0 Å². The number of H-pyrrole nitrogens is 1. The van der Waals surface area contributed by atoms with Crippen LogP contribution in [0.2, 0.25) is 5.02 Å². The summed E-state index contributed by atoms with van der Waals surface area (Å²) < 4.78 is 53.2. The molecule has 0 spiro atoms. The van der Waals surface area contributed by atoms with Gasteiger partial charge in [0.2, 0.25) is 0 Å². The number of rotatable bonds is 4. The van der Waals surface area contributed by atoms with Gasteiger partial charge in [0, 0.05) is 35.0 Å². The summed E-state index contributed by atoms with van der Waals surface area (Å²) in [6.45, 7) is -0.221. The predicted molar refractivity (Wildman–Crippen MR) is 88.4 cm³/mol. The number of aromatic nitrogens is 2. The first-order valence-corrected chi connectivity index (χ1v) is 9.45. The minimum atomic E-state index is -3.90. The highest BCUT2D eigenvalue weighted by Crippen LogP contribution is 2.44. The predicted octanol–water partition coefficient (Wildman–Crippen LogP) is 1.80. The first kappa shape index (κ1) is 18.5. The largest absolute Gasteiger partial charge is 0.382 e. The van der Waals surface area contributed by atoms with Gasteiger partial charge in [-0.2, -0.15) is 17.8 Å². The summed E-state index contributed by atoms with van der Waals surface area (Å²) in [4.78, 5) is 0. The minimum Gasteiger partial charge on any atom is -0.382 e. The highest BCUT2D eigenvalue weighted by atomic mass is 35.5. The van der Waals surface area contributed by atoms with Gasteiger partial charge in [-0.25, -0.2) is 13.9 Å². The van der Waals surface area contributed by atoms with Crippen LogP contribution in [0.15, 0.2) is 18.3 Å². The summed E-state index contributed by atoms with van der Waals surface area (Å²) in [5.41, 5.74) is 0.248. The lowest BCUT2D eigenvalue weighted by Crippen LogP contribution is -2.47. The number of fused-ring (bicyclic) bond motifs is 1. The average molecular weight is 395 g/mol. The Morgan fingerprint density at radius 3 is 2.64 bits per heavy atom. The Morgan fingerprint density at radius 1 is 1.40 bits per heavy atom. The summed E-state index contributed by atoms with van der Waals surface area (Å²) in [5.74, 6) is -4.65. The molecule has 0 bridgehead atoms. The van der Waals surface area contributed by atoms with Crippen molar-refractivity contribution < 1.29 is 22.3 Å². The van der Waals surface area contributed by atoms with Gasteiger partial charge >= 0.3 is 0 Å². The van der Waals surface area contributed by atoms with Crippen LogP contribution < -0.4 is 5.14 Å². The second-order valence-corrected chi connectivity index (χ2v) is 8.11. The fraction of sp³-hybridized carbons (Fsp3) is 0.500. The molecule has 1 aromatic heterocycles. The van der Waals surface area contributed by atoms with Crippen LogP contribution in [0.25, 0.3) is 10.9 Å². The van der Waals surface area contributed by atoms with Crippen LogP contribution in [0, 0.1) is 5.92 Å². The Kier molecular flexibility index (Phi) is 4.75. The molecule has 1 fully saturated rings. The van der Waals surface area contributed by atoms with Crippen LogP contribution in [0.4, 0.5) is 8.78 Å². The number of piperidine rings is 1. The number of hydrogen-bond donors (Lipinski definition) is 3. The summed E-state index contributed by atoms with van der Waals surface area (Å²) >= 11 is 5.95. The topological polar surface area (TPSA) is 112 Å². The highest BCUT2D eigenvalue weighted by Gasteiger charge is 2.49. The molecule has 7 nitrogen and oxygen atoms in total. The van der Waals surface area contributed by atoms with Gasteiger partial charge in [0.25, 0.3) is 16.1 Å². The molecule has 1 aromatic carbocycles. The Hall–Kier alpha value is -1.33. The first-order valence-electron chi connectivity index (χ1n) is 7.57. The normalized spacial score (nSPS) is 19.4. The van der Waals surface area contributed by atoms with Gasteiger partial charge in [-0.1, -0.05) is 11.6 Å². The monoisotopic (exact) mass is 394 g/mol. The van der Waals surface area contributed by atoms with E-state index in [0.717, 1.165) is 4.31 Å². The number of benzene rings is 1. The van der Waals surface area contributed by atoms with Crippen molar-refractivity contribution in [2.75, 3.05) is 13.1 Å². The molecule has 2 aromatic rings. The van der Waals surface area contributed by atoms with Gasteiger partial charge in [0.15, 0.2) is 0 Å². The zero-order chi connectivity index (χ0) is 18.4. The van der Waals surface area contributed by atoms with E-state index < -0.39 is 28.2 Å². The van der Waals surface area contributed by atoms with E-state index in [1.54, 1.807) is 6.07 Å². The number of nitrogens with one attached hydrogen (secondary N) is 1. The summed E-state index contributed by atoms with van der Waals surface area (Å²) in [5, 5.41) is 22.5. The molecule has 1 saturated heterocycles. The van der Waals surface area contributed by atoms with E-state index in [0.29, 0.717) is 10.9 Å². The van der Waals surface area contributed by atoms with E-state index >= 15 is 0 Å². The third-order valence-electron chi connectivity index (χ3n) is 4.56. The summed E-state index contributed by atoms with van der Waals surface area (Å²) in [7, 11) is -3.90. The van der Waals surface area contributed by atoms with Crippen LogP contribution in [-0.2, 0) is 10.2 Å². The standard InChI is InChI=1S/C14H17ClF2N4O3S/c15-10-5-8-7-19-20-12(8)11(6-10)13(22)14(16,17)9-1-3-21(4-2-9)25(18,23)24/h5-7,9,13,22H,1-4H2,(H,19,20)(H2,18,23,24). The van der Waals surface area contributed by atoms with Crippen LogP contribution >= 0.6 is 11.6 Å². The van der Waals surface area contributed by atoms with E-state index in [1.165, 1.54) is 12.3 Å². The van der Waals surface area contributed by atoms with E-state index in [4.69, 9.17) is 16.7 Å². The van der Waals surface area contributed by atoms with Crippen LogP contribution in [0.3, 0.4) is 0 Å². The average Bonchev–Trinajstić information content (AvgIpc) is 3.00. The maximum absolute atomic E-state index is 14.9. The van der Waals surface area contributed by atoms with E-state index in [9.17, 15) is 22.3 Å². The van der Waals surface area contributed by atoms with Crippen molar-refractivity contribution in [2.45, 2.75) is 24.9 Å². The Bertz CT molecular complexity index is 881. The molecule has 2 heterocycles. The molecule has 11 heteroatoms. The first-order chi connectivity index (χ1) is 11.6. The highest BCUT2D eigenvalue weighted by molar-refractivity contribution is 7.86. The van der Waals surface area contributed by atoms with Crippen molar-refractivity contribution in [1.82, 2.24) is 14.5 Å². The number of aliphatic hydroxyl groups excluding tert-OH is 1. The van der Waals surface area contributed by atoms with Crippen molar-refractivity contribution in [3.8, 4) is 0 Å². The number of alkyl halides is 2. The fourth-order valence-electron chi connectivity index (χ4n) is 3.19. The second kappa shape index (κ2) is 6.44. The lowest BCUT2D eigenvalue weighted by molar-refractivity contribution is -0.158. The molecular formula is C14H17ClF2N4O3S. The molecule has 138 valence electrons. The zero-order valence-electron chi connectivity index (χ0n) is 13.0. The van der Waals surface area contributed by atoms with Gasteiger partial charge in [-0.3, -0.25) is 5.10 Å². The Balaban J connectivity index is 1.85. The number of nitrogens with zero attached hydrogens (tertiary/aromatic N) is 2. The number of aromatic amines is 1. The molecule has 0 amide bonds. The second-order valence-electron chi connectivity index (χ2n) is 6.12. The van der Waals surface area contributed by atoms with Gasteiger partial charge in [-0.15, -0.1) is 0 Å². The molecule has 0 radical (unpaired) electrons. The third kappa shape index (κ3) is 3.49. The van der Waals surface area contributed by atoms with E-state index in [2.05, 4.69) is 10.2 Å². The molecule has 25 heavy (non-hydrogen) atoms. The van der Waals surface area contributed by atoms with Crippen molar-refractivity contribution in [1.29, 1.82) is 0 Å². The number of nitrogens with two attached hydrogens (primary N) is 1. The molecule has 0 aliphatic carbocycles. The van der Waals surface area contributed by atoms with E-state index in [-0.39, 0.29) is 36.5 Å². The quantitative estimate of drug-likeness (QED) is 0.733. The number of aliphatic hydroxyl groups is 1. The van der Waals surface area contributed by atoms with Crippen molar-refractivity contribution in [3.05, 3.63) is 28.9 Å². The van der Waals surface area contributed by atoms with Gasteiger partial charge in [0.1, 0.15) is 6.10 Å². The van der Waals surface area contributed by atoms with Crippen LogP contribution in [0.5, 0.6) is 0 Å². The molecule has 1 unspecified atom stereocenters. The van der Waals surface area contributed by atoms with Crippen LogP contribution in [-0.4, -0.2) is 47.0 Å². The Labute approximate surface area is 147 Å². The molecule has 1 atom stereocenters. The lowest BCUT2D eigenvalue weighted by Gasteiger charge is -2.36. The summed E-state index contributed by atoms with van der Waals surface area (Å²) in [6, 6.07) is 2.83. The SMILES string of the molecule is NS(=O)(=O)N1CCC(C(F)(F)C(O)c2cc(Cl)cc3cn[nH]c23)CC1. The maximum Gasteiger partial charge on any atom is 0.280 e. The number of halogens is 3. The molecule has 3 rings (SSSR count). The zero-order valence-corrected chi connectivity index (χ0v) is 14.6. The molecule has 1 aliphatic heterocycles. The minimum absolute atomic E-state index is 0.0427. The Morgan fingerprint density at radius 2 is 2.04 bits per heavy atom. The fourth-order valence-corrected chi connectivity index (χ4v) is 4.14. The molecular weight excluding hydrogens is 378 g/mol. The molecule has 4 N–H and O–H groups in total. The maximum atomic E-state index is 14.9. The van der Waals surface area contributed by atoms with Crippen molar-refractivity contribution >= 4 is 32.7 Å². The smallest absolute Gasteiger partial charge is 0.280 e. The van der Waals surface area contributed by atoms with Gasteiger partial charge in [-0.05, 0) is 25.0 Å².